The minimum Gasteiger partial charge on any atom is -0.224 e. The second kappa shape index (κ2) is 4.66. The van der Waals surface area contributed by atoms with Crippen LogP contribution >= 0.6 is 0 Å². The van der Waals surface area contributed by atoms with Gasteiger partial charge in [-0.15, -0.1) is 0 Å². The highest BCUT2D eigenvalue weighted by molar-refractivity contribution is 7.92. The molecule has 4 nitrogen and oxygen atoms in total. The van der Waals surface area contributed by atoms with E-state index in [0.29, 0.717) is 6.42 Å². The molecule has 0 bridgehead atoms. The molecule has 0 fully saturated rings. The molecule has 1 aromatic carbocycles. The smallest absolute Gasteiger partial charge is 0.183 e. The summed E-state index contributed by atoms with van der Waals surface area (Å²) < 4.78 is 46.3. The van der Waals surface area contributed by atoms with E-state index >= 15 is 0 Å². The van der Waals surface area contributed by atoms with Crippen LogP contribution in [0.4, 0.5) is 0 Å². The summed E-state index contributed by atoms with van der Waals surface area (Å²) in [5, 5.41) is 0. The molecule has 0 saturated carbocycles. The Labute approximate surface area is 109 Å². The molecule has 0 amide bonds. The van der Waals surface area contributed by atoms with Crippen molar-refractivity contribution in [1.29, 1.82) is 0 Å². The predicted molar refractivity (Wildman–Crippen MR) is 71.1 cm³/mol. The van der Waals surface area contributed by atoms with Gasteiger partial charge in [-0.3, -0.25) is 0 Å². The van der Waals surface area contributed by atoms with Gasteiger partial charge in [0, 0.05) is 6.26 Å². The second-order valence-corrected chi connectivity index (χ2v) is 9.46. The third-order valence-corrected chi connectivity index (χ3v) is 6.91. The highest BCUT2D eigenvalue weighted by Crippen LogP contribution is 2.28. The molecule has 1 rings (SSSR count). The minimum absolute atomic E-state index is 0.121. The molecule has 0 atom stereocenters. The average Bonchev–Trinajstić information content (AvgIpc) is 2.27. The molecule has 18 heavy (non-hydrogen) atoms. The van der Waals surface area contributed by atoms with Crippen LogP contribution in [0.15, 0.2) is 34.1 Å². The Morgan fingerprint density at radius 3 is 1.67 bits per heavy atom. The van der Waals surface area contributed by atoms with Gasteiger partial charge in [-0.1, -0.05) is 6.92 Å². The summed E-state index contributed by atoms with van der Waals surface area (Å²) in [6, 6.07) is 5.36. The van der Waals surface area contributed by atoms with Gasteiger partial charge in [0.25, 0.3) is 0 Å². The lowest BCUT2D eigenvalue weighted by Gasteiger charge is -2.23. The Hall–Kier alpha value is -0.880. The fourth-order valence-corrected chi connectivity index (χ4v) is 3.52. The van der Waals surface area contributed by atoms with Crippen LogP contribution in [0.5, 0.6) is 0 Å². The van der Waals surface area contributed by atoms with Crippen molar-refractivity contribution in [2.45, 2.75) is 41.7 Å². The van der Waals surface area contributed by atoms with Crippen molar-refractivity contribution in [2.75, 3.05) is 6.26 Å². The van der Waals surface area contributed by atoms with Crippen LogP contribution < -0.4 is 0 Å². The molecule has 0 radical (unpaired) electrons. The van der Waals surface area contributed by atoms with E-state index in [0.717, 1.165) is 6.26 Å². The molecule has 0 unspecified atom stereocenters. The van der Waals surface area contributed by atoms with E-state index in [-0.39, 0.29) is 9.79 Å². The highest BCUT2D eigenvalue weighted by atomic mass is 32.2. The van der Waals surface area contributed by atoms with Crippen LogP contribution in [0.25, 0.3) is 0 Å². The molecule has 0 aliphatic heterocycles. The van der Waals surface area contributed by atoms with E-state index in [9.17, 15) is 16.8 Å². The Morgan fingerprint density at radius 1 is 0.944 bits per heavy atom. The minimum atomic E-state index is -3.45. The van der Waals surface area contributed by atoms with E-state index in [1.54, 1.807) is 13.8 Å². The Kier molecular flexibility index (Phi) is 3.93. The van der Waals surface area contributed by atoms with E-state index < -0.39 is 24.4 Å². The second-order valence-electron chi connectivity index (χ2n) is 4.86. The molecule has 0 aromatic heterocycles. The number of hydrogen-bond donors (Lipinski definition) is 0. The van der Waals surface area contributed by atoms with Gasteiger partial charge < -0.3 is 0 Å². The van der Waals surface area contributed by atoms with Gasteiger partial charge in [0.05, 0.1) is 14.5 Å². The lowest BCUT2D eigenvalue weighted by Crippen LogP contribution is -2.30. The van der Waals surface area contributed by atoms with Gasteiger partial charge in [-0.2, -0.15) is 0 Å². The maximum absolute atomic E-state index is 12.3. The molecule has 0 aliphatic rings. The average molecular weight is 290 g/mol. The zero-order chi connectivity index (χ0) is 14.2. The van der Waals surface area contributed by atoms with Crippen molar-refractivity contribution in [3.05, 3.63) is 24.3 Å². The van der Waals surface area contributed by atoms with Crippen LogP contribution in [0.2, 0.25) is 0 Å². The zero-order valence-electron chi connectivity index (χ0n) is 11.0. The van der Waals surface area contributed by atoms with Crippen molar-refractivity contribution < 1.29 is 16.8 Å². The van der Waals surface area contributed by atoms with Gasteiger partial charge in [0.15, 0.2) is 19.7 Å². The molecule has 0 aliphatic carbocycles. The van der Waals surface area contributed by atoms with Gasteiger partial charge in [0.2, 0.25) is 0 Å². The van der Waals surface area contributed by atoms with Crippen molar-refractivity contribution in [2.24, 2.45) is 0 Å². The van der Waals surface area contributed by atoms with E-state index in [2.05, 4.69) is 0 Å². The van der Waals surface area contributed by atoms with Gasteiger partial charge in [0.1, 0.15) is 0 Å². The van der Waals surface area contributed by atoms with Crippen LogP contribution in [0, 0.1) is 0 Å². The summed E-state index contributed by atoms with van der Waals surface area (Å²) in [5.41, 5.74) is 0. The number of sulfone groups is 2. The van der Waals surface area contributed by atoms with Crippen molar-refractivity contribution in [1.82, 2.24) is 0 Å². The van der Waals surface area contributed by atoms with Crippen LogP contribution in [0.3, 0.4) is 0 Å². The largest absolute Gasteiger partial charge is 0.224 e. The standard InChI is InChI=1S/C12H18O4S2/c1-5-12(2,3)18(15,16)11-8-6-10(7-9-11)17(4,13)14/h6-9H,5H2,1-4H3. The van der Waals surface area contributed by atoms with Gasteiger partial charge >= 0.3 is 0 Å². The Morgan fingerprint density at radius 2 is 1.33 bits per heavy atom. The summed E-state index contributed by atoms with van der Waals surface area (Å²) in [4.78, 5) is 0.275. The van der Waals surface area contributed by atoms with Crippen molar-refractivity contribution >= 4 is 19.7 Å². The van der Waals surface area contributed by atoms with Crippen LogP contribution in [-0.4, -0.2) is 27.8 Å². The molecule has 0 spiro atoms. The molecule has 1 aromatic rings. The number of rotatable bonds is 4. The lowest BCUT2D eigenvalue weighted by molar-refractivity contribution is 0.538. The summed E-state index contributed by atoms with van der Waals surface area (Å²) >= 11 is 0. The highest BCUT2D eigenvalue weighted by Gasteiger charge is 2.33. The van der Waals surface area contributed by atoms with Crippen molar-refractivity contribution in [3.63, 3.8) is 0 Å². The Balaban J connectivity index is 3.30. The molecule has 0 N–H and O–H groups in total. The summed E-state index contributed by atoms with van der Waals surface area (Å²) in [6.07, 6.45) is 1.58. The molecule has 6 heteroatoms. The number of hydrogen-bond acceptors (Lipinski definition) is 4. The first kappa shape index (κ1) is 15.2. The quantitative estimate of drug-likeness (QED) is 0.851. The summed E-state index contributed by atoms with van der Waals surface area (Å²) in [7, 11) is -6.75. The van der Waals surface area contributed by atoms with Gasteiger partial charge in [-0.05, 0) is 44.5 Å². The topological polar surface area (TPSA) is 68.3 Å². The maximum Gasteiger partial charge on any atom is 0.183 e. The summed E-state index contributed by atoms with van der Waals surface area (Å²) in [5.74, 6) is 0. The first-order valence-corrected chi connectivity index (χ1v) is 8.94. The molecular weight excluding hydrogens is 272 g/mol. The first-order chi connectivity index (χ1) is 8.02. The Bertz CT molecular complexity index is 623. The normalized spacial score (nSPS) is 13.6. The summed E-state index contributed by atoms with van der Waals surface area (Å²) in [6.45, 7) is 5.13. The fourth-order valence-electron chi connectivity index (χ4n) is 1.38. The van der Waals surface area contributed by atoms with E-state index in [1.165, 1.54) is 24.3 Å². The van der Waals surface area contributed by atoms with E-state index in [4.69, 9.17) is 0 Å². The molecule has 102 valence electrons. The molecule has 0 heterocycles. The maximum atomic E-state index is 12.3. The SMILES string of the molecule is CCC(C)(C)S(=O)(=O)c1ccc(S(C)(=O)=O)cc1. The van der Waals surface area contributed by atoms with E-state index in [1.807, 2.05) is 6.92 Å². The third-order valence-electron chi connectivity index (χ3n) is 3.14. The predicted octanol–water partition coefficient (Wildman–Crippen LogP) is 2.05. The van der Waals surface area contributed by atoms with Gasteiger partial charge in [-0.25, -0.2) is 16.8 Å². The van der Waals surface area contributed by atoms with Crippen LogP contribution in [0.1, 0.15) is 27.2 Å². The first-order valence-electron chi connectivity index (χ1n) is 5.57. The lowest BCUT2D eigenvalue weighted by atomic mass is 10.1. The van der Waals surface area contributed by atoms with Crippen molar-refractivity contribution in [3.8, 4) is 0 Å². The monoisotopic (exact) mass is 290 g/mol. The number of benzene rings is 1. The molecular formula is C12H18O4S2. The van der Waals surface area contributed by atoms with Crippen LogP contribution in [-0.2, 0) is 19.7 Å². The zero-order valence-corrected chi connectivity index (χ0v) is 12.6. The third kappa shape index (κ3) is 2.75. The fraction of sp³-hybridized carbons (Fsp3) is 0.500. The molecule has 0 saturated heterocycles.